The first-order valence-corrected chi connectivity index (χ1v) is 6.73. The Morgan fingerprint density at radius 3 is 2.21 bits per heavy atom. The Balaban J connectivity index is 4.08. The van der Waals surface area contributed by atoms with E-state index in [1.165, 1.54) is 0 Å². The van der Waals surface area contributed by atoms with Gasteiger partial charge < -0.3 is 4.52 Å². The van der Waals surface area contributed by atoms with Crippen molar-refractivity contribution in [2.45, 2.75) is 34.1 Å². The summed E-state index contributed by atoms with van der Waals surface area (Å²) in [6.07, 6.45) is 0.974. The Morgan fingerprint density at radius 2 is 1.86 bits per heavy atom. The summed E-state index contributed by atoms with van der Waals surface area (Å²) >= 11 is 0. The van der Waals surface area contributed by atoms with Crippen molar-refractivity contribution in [3.05, 3.63) is 0 Å². The molecule has 0 aliphatic carbocycles. The Hall–Kier alpha value is -0.340. The molecule has 1 atom stereocenters. The summed E-state index contributed by atoms with van der Waals surface area (Å²) in [6, 6.07) is 0. The summed E-state index contributed by atoms with van der Waals surface area (Å²) in [5.74, 6) is -0.366. The largest absolute Gasteiger partial charge is 0.400 e. The second-order valence-electron chi connectivity index (χ2n) is 4.20. The van der Waals surface area contributed by atoms with E-state index in [0.29, 0.717) is 12.3 Å². The first kappa shape index (κ1) is 13.7. The number of hydrogen-bond acceptors (Lipinski definition) is 3. The zero-order chi connectivity index (χ0) is 11.4. The molecule has 2 N–H and O–H groups in total. The summed E-state index contributed by atoms with van der Waals surface area (Å²) in [5, 5.41) is 0. The Bertz CT molecular complexity index is 238. The molecule has 0 aliphatic rings. The van der Waals surface area contributed by atoms with Crippen molar-refractivity contribution in [1.29, 1.82) is 0 Å². The monoisotopic (exact) mass is 221 g/mol. The molecule has 0 saturated carbocycles. The van der Waals surface area contributed by atoms with Gasteiger partial charge in [-0.15, -0.1) is 0 Å². The second kappa shape index (κ2) is 5.52. The summed E-state index contributed by atoms with van der Waals surface area (Å²) in [6.45, 7) is 7.38. The maximum absolute atomic E-state index is 11.6. The third-order valence-electron chi connectivity index (χ3n) is 1.73. The molecule has 0 radical (unpaired) electrons. The van der Waals surface area contributed by atoms with Gasteiger partial charge in [0.2, 0.25) is 0 Å². The van der Waals surface area contributed by atoms with Crippen molar-refractivity contribution >= 4 is 13.5 Å². The maximum atomic E-state index is 11.6. The maximum Gasteiger partial charge on any atom is 0.316 e. The molecule has 4 nitrogen and oxygen atoms in total. The molecular formula is C9H20NO3P. The smallest absolute Gasteiger partial charge is 0.316 e. The van der Waals surface area contributed by atoms with Crippen LogP contribution in [0.3, 0.4) is 0 Å². The van der Waals surface area contributed by atoms with Gasteiger partial charge in [-0.2, -0.15) is 0 Å². The molecule has 84 valence electrons. The van der Waals surface area contributed by atoms with Gasteiger partial charge in [-0.1, -0.05) is 27.7 Å². The average Bonchev–Trinajstić information content (AvgIpc) is 2.00. The standard InChI is InChI=1S/C9H20NO3P/c1-7(2)5-6-14(10,12)13-9(11)8(3)4/h7-8H,5-6H2,1-4H3,(H2,10,12). The number of hydrogen-bond donors (Lipinski definition) is 1. The summed E-state index contributed by atoms with van der Waals surface area (Å²) in [7, 11) is -3.21. The molecule has 0 fully saturated rings. The molecule has 1 unspecified atom stereocenters. The molecule has 14 heavy (non-hydrogen) atoms. The van der Waals surface area contributed by atoms with Gasteiger partial charge in [0.05, 0.1) is 5.92 Å². The first-order chi connectivity index (χ1) is 6.24. The predicted molar refractivity (Wildman–Crippen MR) is 57.0 cm³/mol. The second-order valence-corrected chi connectivity index (χ2v) is 6.28. The fourth-order valence-corrected chi connectivity index (χ4v) is 2.22. The van der Waals surface area contributed by atoms with Gasteiger partial charge in [0.1, 0.15) is 0 Å². The third kappa shape index (κ3) is 6.17. The average molecular weight is 221 g/mol. The van der Waals surface area contributed by atoms with Gasteiger partial charge in [-0.3, -0.25) is 9.36 Å². The molecule has 0 aromatic rings. The fraction of sp³-hybridized carbons (Fsp3) is 0.889. The zero-order valence-electron chi connectivity index (χ0n) is 9.32. The van der Waals surface area contributed by atoms with Crippen LogP contribution < -0.4 is 5.50 Å². The van der Waals surface area contributed by atoms with Crippen LogP contribution in [0.2, 0.25) is 0 Å². The Morgan fingerprint density at radius 1 is 1.36 bits per heavy atom. The lowest BCUT2D eigenvalue weighted by atomic mass is 10.2. The molecule has 0 aromatic carbocycles. The van der Waals surface area contributed by atoms with Crippen LogP contribution in [0.4, 0.5) is 0 Å². The van der Waals surface area contributed by atoms with Gasteiger partial charge in [-0.05, 0) is 12.3 Å². The highest BCUT2D eigenvalue weighted by Gasteiger charge is 2.23. The van der Waals surface area contributed by atoms with Crippen LogP contribution in [0.5, 0.6) is 0 Å². The lowest BCUT2D eigenvalue weighted by Gasteiger charge is -2.15. The predicted octanol–water partition coefficient (Wildman–Crippen LogP) is 2.38. The van der Waals surface area contributed by atoms with E-state index in [9.17, 15) is 9.36 Å². The highest BCUT2D eigenvalue weighted by molar-refractivity contribution is 7.56. The van der Waals surface area contributed by atoms with Crippen molar-refractivity contribution in [1.82, 2.24) is 0 Å². The summed E-state index contributed by atoms with van der Waals surface area (Å²) in [5.41, 5.74) is 5.42. The molecule has 0 aliphatic heterocycles. The molecule has 0 aromatic heterocycles. The van der Waals surface area contributed by atoms with Crippen LogP contribution in [0.15, 0.2) is 0 Å². The number of carbonyl (C=O) groups is 1. The number of carbonyl (C=O) groups excluding carboxylic acids is 1. The van der Waals surface area contributed by atoms with E-state index in [4.69, 9.17) is 10.0 Å². The molecule has 5 heteroatoms. The molecular weight excluding hydrogens is 201 g/mol. The minimum Gasteiger partial charge on any atom is -0.400 e. The fourth-order valence-electron chi connectivity index (χ4n) is 0.741. The topological polar surface area (TPSA) is 69.4 Å². The van der Waals surface area contributed by atoms with E-state index in [-0.39, 0.29) is 12.1 Å². The van der Waals surface area contributed by atoms with E-state index < -0.39 is 13.5 Å². The van der Waals surface area contributed by atoms with E-state index in [2.05, 4.69) is 0 Å². The van der Waals surface area contributed by atoms with Gasteiger partial charge >= 0.3 is 13.5 Å². The number of rotatable bonds is 5. The summed E-state index contributed by atoms with van der Waals surface area (Å²) in [4.78, 5) is 11.1. The van der Waals surface area contributed by atoms with Gasteiger partial charge in [0.15, 0.2) is 0 Å². The van der Waals surface area contributed by atoms with Crippen LogP contribution >= 0.6 is 7.52 Å². The Labute approximate surface area is 85.7 Å². The van der Waals surface area contributed by atoms with E-state index >= 15 is 0 Å². The normalized spacial score (nSPS) is 15.6. The van der Waals surface area contributed by atoms with Crippen molar-refractivity contribution in [3.63, 3.8) is 0 Å². The van der Waals surface area contributed by atoms with Crippen LogP contribution in [-0.4, -0.2) is 12.1 Å². The first-order valence-electron chi connectivity index (χ1n) is 4.85. The third-order valence-corrected chi connectivity index (χ3v) is 3.10. The van der Waals surface area contributed by atoms with Crippen LogP contribution in [-0.2, 0) is 13.9 Å². The zero-order valence-corrected chi connectivity index (χ0v) is 10.2. The Kier molecular flexibility index (Phi) is 5.38. The molecule has 0 amide bonds. The minimum atomic E-state index is -3.21. The van der Waals surface area contributed by atoms with Gasteiger partial charge in [-0.25, -0.2) is 5.50 Å². The van der Waals surface area contributed by atoms with Gasteiger partial charge in [0, 0.05) is 6.16 Å². The molecule has 0 rings (SSSR count). The minimum absolute atomic E-state index is 0.267. The van der Waals surface area contributed by atoms with Crippen molar-refractivity contribution < 1.29 is 13.9 Å². The molecule has 0 bridgehead atoms. The molecule has 0 saturated heterocycles. The summed E-state index contributed by atoms with van der Waals surface area (Å²) < 4.78 is 16.3. The van der Waals surface area contributed by atoms with Crippen LogP contribution in [0, 0.1) is 11.8 Å². The van der Waals surface area contributed by atoms with Crippen LogP contribution in [0.1, 0.15) is 34.1 Å². The van der Waals surface area contributed by atoms with Crippen molar-refractivity contribution in [2.75, 3.05) is 6.16 Å². The lowest BCUT2D eigenvalue weighted by molar-refractivity contribution is -0.137. The van der Waals surface area contributed by atoms with Gasteiger partial charge in [0.25, 0.3) is 0 Å². The van der Waals surface area contributed by atoms with E-state index in [1.54, 1.807) is 13.8 Å². The van der Waals surface area contributed by atoms with E-state index in [0.717, 1.165) is 0 Å². The van der Waals surface area contributed by atoms with E-state index in [1.807, 2.05) is 13.8 Å². The molecule has 0 heterocycles. The quantitative estimate of drug-likeness (QED) is 0.723. The van der Waals surface area contributed by atoms with Crippen molar-refractivity contribution in [2.24, 2.45) is 17.3 Å². The lowest BCUT2D eigenvalue weighted by Crippen LogP contribution is -2.15. The SMILES string of the molecule is CC(C)CCP(N)(=O)OC(=O)C(C)C. The highest BCUT2D eigenvalue weighted by atomic mass is 31.2. The van der Waals surface area contributed by atoms with Crippen LogP contribution in [0.25, 0.3) is 0 Å². The highest BCUT2D eigenvalue weighted by Crippen LogP contribution is 2.39. The van der Waals surface area contributed by atoms with Crippen molar-refractivity contribution in [3.8, 4) is 0 Å². The number of nitrogens with two attached hydrogens (primary N) is 1. The molecule has 0 spiro atoms.